The molecule has 20 heavy (non-hydrogen) atoms. The molecular formula is C15H14N2O2S. The van der Waals surface area contributed by atoms with Crippen molar-refractivity contribution < 1.29 is 9.15 Å². The Morgan fingerprint density at radius 1 is 1.35 bits per heavy atom. The van der Waals surface area contributed by atoms with Crippen LogP contribution in [0.5, 0.6) is 5.75 Å². The molecule has 0 atom stereocenters. The molecule has 1 aromatic carbocycles. The van der Waals surface area contributed by atoms with Gasteiger partial charge in [-0.15, -0.1) is 0 Å². The first-order valence-corrected chi connectivity index (χ1v) is 7.13. The van der Waals surface area contributed by atoms with Gasteiger partial charge < -0.3 is 14.5 Å². The van der Waals surface area contributed by atoms with Crippen LogP contribution in [0.1, 0.15) is 5.56 Å². The van der Waals surface area contributed by atoms with Crippen LogP contribution in [-0.2, 0) is 6.54 Å². The van der Waals surface area contributed by atoms with E-state index in [1.54, 1.807) is 24.6 Å². The molecule has 0 fully saturated rings. The van der Waals surface area contributed by atoms with E-state index in [0.29, 0.717) is 5.76 Å². The van der Waals surface area contributed by atoms with Crippen LogP contribution < -0.4 is 10.1 Å². The van der Waals surface area contributed by atoms with Gasteiger partial charge in [-0.1, -0.05) is 0 Å². The number of nitrogens with zero attached hydrogens (tertiary/aromatic N) is 1. The first-order valence-electron chi connectivity index (χ1n) is 6.18. The summed E-state index contributed by atoms with van der Waals surface area (Å²) in [5.41, 5.74) is 3.18. The molecule has 0 amide bonds. The summed E-state index contributed by atoms with van der Waals surface area (Å²) in [6, 6.07) is 8.05. The van der Waals surface area contributed by atoms with Crippen LogP contribution in [0.15, 0.2) is 52.0 Å². The van der Waals surface area contributed by atoms with E-state index in [0.717, 1.165) is 23.5 Å². The number of benzene rings is 1. The van der Waals surface area contributed by atoms with Crippen molar-refractivity contribution in [1.82, 2.24) is 4.98 Å². The first kappa shape index (κ1) is 12.7. The van der Waals surface area contributed by atoms with E-state index in [-0.39, 0.29) is 0 Å². The second-order valence-electron chi connectivity index (χ2n) is 4.27. The van der Waals surface area contributed by atoms with E-state index in [4.69, 9.17) is 9.15 Å². The van der Waals surface area contributed by atoms with Gasteiger partial charge in [-0.25, -0.2) is 4.98 Å². The predicted molar refractivity (Wildman–Crippen MR) is 80.1 cm³/mol. The number of nitrogens with one attached hydrogen (secondary N) is 1. The van der Waals surface area contributed by atoms with Gasteiger partial charge in [0.15, 0.2) is 12.2 Å². The molecule has 0 saturated heterocycles. The number of rotatable bonds is 5. The summed E-state index contributed by atoms with van der Waals surface area (Å²) in [6.45, 7) is 0.800. The Hall–Kier alpha value is -2.27. The summed E-state index contributed by atoms with van der Waals surface area (Å²) in [6.07, 6.45) is 3.09. The Kier molecular flexibility index (Phi) is 3.69. The highest BCUT2D eigenvalue weighted by Crippen LogP contribution is 2.32. The van der Waals surface area contributed by atoms with E-state index in [1.165, 1.54) is 12.0 Å². The first-order chi connectivity index (χ1) is 9.86. The minimum Gasteiger partial charge on any atom is -0.496 e. The second-order valence-corrected chi connectivity index (χ2v) is 5.05. The summed E-state index contributed by atoms with van der Waals surface area (Å²) < 4.78 is 10.7. The van der Waals surface area contributed by atoms with Crippen molar-refractivity contribution in [2.45, 2.75) is 6.54 Å². The lowest BCUT2D eigenvalue weighted by Crippen LogP contribution is -1.98. The van der Waals surface area contributed by atoms with Crippen LogP contribution in [0, 0.1) is 0 Å². The summed E-state index contributed by atoms with van der Waals surface area (Å²) in [5.74, 6) is 1.46. The van der Waals surface area contributed by atoms with Gasteiger partial charge in [-0.2, -0.15) is 11.3 Å². The van der Waals surface area contributed by atoms with Gasteiger partial charge in [0, 0.05) is 18.3 Å². The number of oxazole rings is 1. The molecule has 0 spiro atoms. The van der Waals surface area contributed by atoms with Crippen molar-refractivity contribution in [3.05, 3.63) is 53.2 Å². The van der Waals surface area contributed by atoms with E-state index < -0.39 is 0 Å². The summed E-state index contributed by atoms with van der Waals surface area (Å²) in [4.78, 5) is 3.93. The standard InChI is InChI=1S/C15H14N2O2S/c1-18-14-6-12(17-7-11-4-5-20-9-11)2-3-13(14)15-8-16-10-19-15/h2-6,8-10,17H,7H2,1H3. The normalized spacial score (nSPS) is 10.4. The Balaban J connectivity index is 1.80. The molecule has 0 radical (unpaired) electrons. The lowest BCUT2D eigenvalue weighted by Gasteiger charge is -2.10. The number of aromatic nitrogens is 1. The Labute approximate surface area is 121 Å². The van der Waals surface area contributed by atoms with Crippen LogP contribution in [0.3, 0.4) is 0 Å². The molecule has 4 nitrogen and oxygen atoms in total. The van der Waals surface area contributed by atoms with Crippen LogP contribution in [-0.4, -0.2) is 12.1 Å². The highest BCUT2D eigenvalue weighted by Gasteiger charge is 2.09. The Bertz CT molecular complexity index is 663. The Morgan fingerprint density at radius 2 is 2.30 bits per heavy atom. The van der Waals surface area contributed by atoms with Gasteiger partial charge in [-0.05, 0) is 34.5 Å². The SMILES string of the molecule is COc1cc(NCc2ccsc2)ccc1-c1cnco1. The molecule has 0 bridgehead atoms. The third kappa shape index (κ3) is 2.67. The lowest BCUT2D eigenvalue weighted by atomic mass is 10.1. The average Bonchev–Trinajstić information content (AvgIpc) is 3.18. The maximum absolute atomic E-state index is 5.42. The molecule has 102 valence electrons. The number of hydrogen-bond acceptors (Lipinski definition) is 5. The highest BCUT2D eigenvalue weighted by atomic mass is 32.1. The molecule has 0 saturated carbocycles. The van der Waals surface area contributed by atoms with Crippen LogP contribution in [0.2, 0.25) is 0 Å². The second kappa shape index (κ2) is 5.79. The van der Waals surface area contributed by atoms with Crippen LogP contribution in [0.25, 0.3) is 11.3 Å². The quantitative estimate of drug-likeness (QED) is 0.769. The predicted octanol–water partition coefficient (Wildman–Crippen LogP) is 4.02. The molecule has 0 unspecified atom stereocenters. The fraction of sp³-hybridized carbons (Fsp3) is 0.133. The molecule has 0 aliphatic carbocycles. The zero-order valence-corrected chi connectivity index (χ0v) is 11.8. The highest BCUT2D eigenvalue weighted by molar-refractivity contribution is 7.07. The lowest BCUT2D eigenvalue weighted by molar-refractivity contribution is 0.415. The maximum Gasteiger partial charge on any atom is 0.181 e. The third-order valence-electron chi connectivity index (χ3n) is 2.98. The fourth-order valence-electron chi connectivity index (χ4n) is 1.95. The number of ether oxygens (including phenoxy) is 1. The molecule has 2 aromatic heterocycles. The number of anilines is 1. The molecule has 2 heterocycles. The van der Waals surface area contributed by atoms with E-state index in [9.17, 15) is 0 Å². The number of methoxy groups -OCH3 is 1. The summed E-state index contributed by atoms with van der Waals surface area (Å²) in [7, 11) is 1.65. The van der Waals surface area contributed by atoms with E-state index in [2.05, 4.69) is 27.1 Å². The number of hydrogen-bond donors (Lipinski definition) is 1. The van der Waals surface area contributed by atoms with Gasteiger partial charge >= 0.3 is 0 Å². The zero-order valence-electron chi connectivity index (χ0n) is 11.0. The van der Waals surface area contributed by atoms with Crippen molar-refractivity contribution in [3.63, 3.8) is 0 Å². The molecule has 3 rings (SSSR count). The number of thiophene rings is 1. The summed E-state index contributed by atoms with van der Waals surface area (Å²) >= 11 is 1.70. The van der Waals surface area contributed by atoms with Crippen LogP contribution in [0.4, 0.5) is 5.69 Å². The molecule has 0 aliphatic heterocycles. The van der Waals surface area contributed by atoms with Gasteiger partial charge in [-0.3, -0.25) is 0 Å². The minimum absolute atomic E-state index is 0.700. The van der Waals surface area contributed by atoms with Crippen molar-refractivity contribution in [1.29, 1.82) is 0 Å². The molecular weight excluding hydrogens is 272 g/mol. The van der Waals surface area contributed by atoms with Crippen molar-refractivity contribution in [3.8, 4) is 17.1 Å². The van der Waals surface area contributed by atoms with Gasteiger partial charge in [0.2, 0.25) is 0 Å². The van der Waals surface area contributed by atoms with Crippen LogP contribution >= 0.6 is 11.3 Å². The fourth-order valence-corrected chi connectivity index (χ4v) is 2.62. The van der Waals surface area contributed by atoms with Crippen molar-refractivity contribution >= 4 is 17.0 Å². The molecule has 1 N–H and O–H groups in total. The molecule has 3 aromatic rings. The zero-order chi connectivity index (χ0) is 13.8. The van der Waals surface area contributed by atoms with E-state index >= 15 is 0 Å². The molecule has 5 heteroatoms. The van der Waals surface area contributed by atoms with Crippen molar-refractivity contribution in [2.75, 3.05) is 12.4 Å². The van der Waals surface area contributed by atoms with E-state index in [1.807, 2.05) is 18.2 Å². The third-order valence-corrected chi connectivity index (χ3v) is 3.71. The van der Waals surface area contributed by atoms with Crippen molar-refractivity contribution in [2.24, 2.45) is 0 Å². The topological polar surface area (TPSA) is 47.3 Å². The van der Waals surface area contributed by atoms with Gasteiger partial charge in [0.05, 0.1) is 18.9 Å². The van der Waals surface area contributed by atoms with Gasteiger partial charge in [0.25, 0.3) is 0 Å². The Morgan fingerprint density at radius 3 is 3.00 bits per heavy atom. The average molecular weight is 286 g/mol. The maximum atomic E-state index is 5.42. The van der Waals surface area contributed by atoms with Gasteiger partial charge in [0.1, 0.15) is 5.75 Å². The largest absolute Gasteiger partial charge is 0.496 e. The minimum atomic E-state index is 0.700. The smallest absolute Gasteiger partial charge is 0.181 e. The summed E-state index contributed by atoms with van der Waals surface area (Å²) in [5, 5.41) is 7.58. The molecule has 0 aliphatic rings. The monoisotopic (exact) mass is 286 g/mol.